The van der Waals surface area contributed by atoms with Crippen molar-refractivity contribution in [1.29, 1.82) is 0 Å². The summed E-state index contributed by atoms with van der Waals surface area (Å²) >= 11 is 6.03. The van der Waals surface area contributed by atoms with Crippen molar-refractivity contribution in [2.75, 3.05) is 0 Å². The van der Waals surface area contributed by atoms with Crippen LogP contribution in [0.15, 0.2) is 23.1 Å². The van der Waals surface area contributed by atoms with Crippen LogP contribution in [-0.4, -0.2) is 19.6 Å². The third kappa shape index (κ3) is 3.77. The first-order valence-electron chi connectivity index (χ1n) is 7.18. The normalized spacial score (nSPS) is 22.2. The molecule has 1 aromatic carbocycles. The van der Waals surface area contributed by atoms with E-state index in [0.29, 0.717) is 5.56 Å². The summed E-state index contributed by atoms with van der Waals surface area (Å²) in [7, 11) is -3.69. The van der Waals surface area contributed by atoms with Gasteiger partial charge in [-0.05, 0) is 36.0 Å². The molecule has 1 unspecified atom stereocenters. The number of halogens is 1. The monoisotopic (exact) mass is 331 g/mol. The summed E-state index contributed by atoms with van der Waals surface area (Å²) in [5.74, 6) is 0. The summed E-state index contributed by atoms with van der Waals surface area (Å²) in [5.41, 5.74) is 0.467. The van der Waals surface area contributed by atoms with Crippen LogP contribution in [0, 0.1) is 5.41 Å². The SMILES string of the molecule is CC1(C)CCCCC1NS(=O)(=O)c1cc(CO)ccc1Cl. The van der Waals surface area contributed by atoms with E-state index in [1.807, 2.05) is 0 Å². The molecular weight excluding hydrogens is 310 g/mol. The number of aliphatic hydroxyl groups is 1. The topological polar surface area (TPSA) is 66.4 Å². The minimum Gasteiger partial charge on any atom is -0.392 e. The van der Waals surface area contributed by atoms with Gasteiger partial charge in [-0.1, -0.05) is 44.4 Å². The highest BCUT2D eigenvalue weighted by molar-refractivity contribution is 7.89. The third-order valence-electron chi connectivity index (χ3n) is 4.27. The van der Waals surface area contributed by atoms with E-state index in [9.17, 15) is 8.42 Å². The molecule has 0 radical (unpaired) electrons. The predicted molar refractivity (Wildman–Crippen MR) is 83.7 cm³/mol. The fourth-order valence-electron chi connectivity index (χ4n) is 2.82. The van der Waals surface area contributed by atoms with Gasteiger partial charge in [0.2, 0.25) is 10.0 Å². The van der Waals surface area contributed by atoms with Crippen LogP contribution in [-0.2, 0) is 16.6 Å². The van der Waals surface area contributed by atoms with E-state index in [1.54, 1.807) is 6.07 Å². The first-order chi connectivity index (χ1) is 9.76. The Morgan fingerprint density at radius 2 is 2.10 bits per heavy atom. The molecule has 4 nitrogen and oxygen atoms in total. The van der Waals surface area contributed by atoms with Crippen LogP contribution in [0.2, 0.25) is 5.02 Å². The Kier molecular flexibility index (Phi) is 4.98. The third-order valence-corrected chi connectivity index (χ3v) is 6.23. The maximum Gasteiger partial charge on any atom is 0.242 e. The zero-order chi connectivity index (χ0) is 15.7. The van der Waals surface area contributed by atoms with Gasteiger partial charge in [0.15, 0.2) is 0 Å². The molecule has 0 aliphatic heterocycles. The molecule has 0 spiro atoms. The van der Waals surface area contributed by atoms with E-state index in [-0.39, 0.29) is 28.0 Å². The first-order valence-corrected chi connectivity index (χ1v) is 9.04. The van der Waals surface area contributed by atoms with Gasteiger partial charge in [-0.3, -0.25) is 0 Å². The Hall–Kier alpha value is -0.620. The second kappa shape index (κ2) is 6.24. The highest BCUT2D eigenvalue weighted by Gasteiger charge is 2.35. The molecule has 21 heavy (non-hydrogen) atoms. The largest absolute Gasteiger partial charge is 0.392 e. The van der Waals surface area contributed by atoms with Crippen molar-refractivity contribution in [1.82, 2.24) is 4.72 Å². The molecule has 1 aliphatic rings. The maximum absolute atomic E-state index is 12.6. The Bertz CT molecular complexity index is 613. The zero-order valence-electron chi connectivity index (χ0n) is 12.4. The maximum atomic E-state index is 12.6. The molecule has 1 saturated carbocycles. The van der Waals surface area contributed by atoms with Crippen molar-refractivity contribution >= 4 is 21.6 Å². The summed E-state index contributed by atoms with van der Waals surface area (Å²) in [6.45, 7) is 3.96. The molecule has 0 saturated heterocycles. The Morgan fingerprint density at radius 3 is 2.71 bits per heavy atom. The summed E-state index contributed by atoms with van der Waals surface area (Å²) in [5, 5.41) is 9.34. The number of rotatable bonds is 4. The standard InChI is InChI=1S/C15H22ClNO3S/c1-15(2)8-4-3-5-14(15)17-21(19,20)13-9-11(10-18)6-7-12(13)16/h6-7,9,14,17-18H,3-5,8,10H2,1-2H3. The highest BCUT2D eigenvalue weighted by Crippen LogP contribution is 2.36. The number of sulfonamides is 1. The summed E-state index contributed by atoms with van der Waals surface area (Å²) in [6.07, 6.45) is 4.00. The zero-order valence-corrected chi connectivity index (χ0v) is 14.0. The molecule has 0 heterocycles. The van der Waals surface area contributed by atoms with Gasteiger partial charge < -0.3 is 5.11 Å². The van der Waals surface area contributed by atoms with Gasteiger partial charge in [-0.2, -0.15) is 0 Å². The fraction of sp³-hybridized carbons (Fsp3) is 0.600. The second-order valence-corrected chi connectivity index (χ2v) is 8.42. The molecule has 2 rings (SSSR count). The molecule has 0 amide bonds. The molecule has 1 atom stereocenters. The van der Waals surface area contributed by atoms with Crippen molar-refractivity contribution < 1.29 is 13.5 Å². The van der Waals surface area contributed by atoms with Crippen LogP contribution in [0.25, 0.3) is 0 Å². The Morgan fingerprint density at radius 1 is 1.38 bits per heavy atom. The molecule has 0 aromatic heterocycles. The number of nitrogens with one attached hydrogen (secondary N) is 1. The minimum atomic E-state index is -3.69. The number of benzene rings is 1. The lowest BCUT2D eigenvalue weighted by molar-refractivity contribution is 0.188. The smallest absolute Gasteiger partial charge is 0.242 e. The van der Waals surface area contributed by atoms with Gasteiger partial charge in [0.1, 0.15) is 4.90 Å². The Labute approximate surface area is 131 Å². The van der Waals surface area contributed by atoms with E-state index in [0.717, 1.165) is 25.7 Å². The van der Waals surface area contributed by atoms with Gasteiger partial charge in [0, 0.05) is 6.04 Å². The van der Waals surface area contributed by atoms with E-state index in [1.165, 1.54) is 12.1 Å². The van der Waals surface area contributed by atoms with Crippen molar-refractivity contribution in [3.8, 4) is 0 Å². The lowest BCUT2D eigenvalue weighted by Gasteiger charge is -2.38. The van der Waals surface area contributed by atoms with Crippen LogP contribution in [0.5, 0.6) is 0 Å². The van der Waals surface area contributed by atoms with Crippen LogP contribution >= 0.6 is 11.6 Å². The summed E-state index contributed by atoms with van der Waals surface area (Å²) < 4.78 is 28.0. The van der Waals surface area contributed by atoms with Crippen molar-refractivity contribution in [3.05, 3.63) is 28.8 Å². The van der Waals surface area contributed by atoms with Crippen LogP contribution in [0.3, 0.4) is 0 Å². The molecule has 6 heteroatoms. The van der Waals surface area contributed by atoms with Crippen molar-refractivity contribution in [2.24, 2.45) is 5.41 Å². The minimum absolute atomic E-state index is 0.0390. The lowest BCUT2D eigenvalue weighted by Crippen LogP contribution is -2.46. The average molecular weight is 332 g/mol. The molecule has 2 N–H and O–H groups in total. The quantitative estimate of drug-likeness (QED) is 0.891. The van der Waals surface area contributed by atoms with E-state index >= 15 is 0 Å². The van der Waals surface area contributed by atoms with Crippen molar-refractivity contribution in [2.45, 2.75) is 57.1 Å². The predicted octanol–water partition coefficient (Wildman–Crippen LogP) is 3.08. The van der Waals surface area contributed by atoms with Gasteiger partial charge in [-0.25, -0.2) is 13.1 Å². The number of aliphatic hydroxyl groups excluding tert-OH is 1. The van der Waals surface area contributed by atoms with Crippen LogP contribution in [0.4, 0.5) is 0 Å². The molecule has 1 aromatic rings. The highest BCUT2D eigenvalue weighted by atomic mass is 35.5. The molecule has 118 valence electrons. The van der Waals surface area contributed by atoms with E-state index in [4.69, 9.17) is 16.7 Å². The fourth-order valence-corrected chi connectivity index (χ4v) is 4.81. The first kappa shape index (κ1) is 16.7. The van der Waals surface area contributed by atoms with Gasteiger partial charge in [0.05, 0.1) is 11.6 Å². The summed E-state index contributed by atoms with van der Waals surface area (Å²) in [4.78, 5) is 0.0390. The van der Waals surface area contributed by atoms with E-state index < -0.39 is 10.0 Å². The molecule has 1 aliphatic carbocycles. The number of hydrogen-bond donors (Lipinski definition) is 2. The van der Waals surface area contributed by atoms with Crippen molar-refractivity contribution in [3.63, 3.8) is 0 Å². The number of hydrogen-bond acceptors (Lipinski definition) is 3. The molecular formula is C15H22ClNO3S. The lowest BCUT2D eigenvalue weighted by atomic mass is 9.74. The second-order valence-electron chi connectivity index (χ2n) is 6.33. The van der Waals surface area contributed by atoms with Crippen LogP contribution < -0.4 is 4.72 Å². The van der Waals surface area contributed by atoms with Gasteiger partial charge in [-0.15, -0.1) is 0 Å². The molecule has 1 fully saturated rings. The molecule has 0 bridgehead atoms. The summed E-state index contributed by atoms with van der Waals surface area (Å²) in [6, 6.07) is 4.46. The van der Waals surface area contributed by atoms with Gasteiger partial charge >= 0.3 is 0 Å². The Balaban J connectivity index is 2.30. The van der Waals surface area contributed by atoms with Crippen LogP contribution in [0.1, 0.15) is 45.1 Å². The van der Waals surface area contributed by atoms with Gasteiger partial charge in [0.25, 0.3) is 0 Å². The average Bonchev–Trinajstić information content (AvgIpc) is 2.41. The van der Waals surface area contributed by atoms with E-state index in [2.05, 4.69) is 18.6 Å².